The molecule has 0 atom stereocenters. The van der Waals surface area contributed by atoms with Crippen LogP contribution in [0.2, 0.25) is 0 Å². The highest BCUT2D eigenvalue weighted by atomic mass is 16.5. The minimum Gasteiger partial charge on any atom is -0.497 e. The number of ether oxygens (including phenoxy) is 1. The topological polar surface area (TPSA) is 91.9 Å². The van der Waals surface area contributed by atoms with Crippen LogP contribution in [0.3, 0.4) is 0 Å². The van der Waals surface area contributed by atoms with Crippen LogP contribution in [0.1, 0.15) is 23.2 Å². The van der Waals surface area contributed by atoms with E-state index in [9.17, 15) is 4.79 Å². The lowest BCUT2D eigenvalue weighted by Crippen LogP contribution is -2.32. The van der Waals surface area contributed by atoms with Gasteiger partial charge in [-0.3, -0.25) is 4.79 Å². The van der Waals surface area contributed by atoms with Crippen LogP contribution < -0.4 is 15.4 Å². The molecule has 3 aromatic rings. The standard InChI is InChI=1S/C22H21N5O2/c1-29-16-7-4-14(5-8-16)20-26-19-17(10-11-23-21(19)27-20)22(28)25-15-6-9-18(24-12-15)13-2-3-13/h4-11,13,24H,2-3,12H2,1H3,(H,25,28)(H,23,26,27). The Kier molecular flexibility index (Phi) is 4.27. The van der Waals surface area contributed by atoms with E-state index in [-0.39, 0.29) is 5.91 Å². The maximum Gasteiger partial charge on any atom is 0.257 e. The van der Waals surface area contributed by atoms with E-state index < -0.39 is 0 Å². The van der Waals surface area contributed by atoms with E-state index in [0.717, 1.165) is 17.0 Å². The summed E-state index contributed by atoms with van der Waals surface area (Å²) in [5.74, 6) is 1.92. The molecule has 7 heteroatoms. The van der Waals surface area contributed by atoms with Crippen LogP contribution >= 0.6 is 0 Å². The first kappa shape index (κ1) is 17.5. The zero-order valence-electron chi connectivity index (χ0n) is 16.0. The van der Waals surface area contributed by atoms with Crippen molar-refractivity contribution in [1.82, 2.24) is 25.6 Å². The van der Waals surface area contributed by atoms with Crippen molar-refractivity contribution in [1.29, 1.82) is 0 Å². The molecule has 0 radical (unpaired) electrons. The van der Waals surface area contributed by atoms with Crippen molar-refractivity contribution < 1.29 is 9.53 Å². The van der Waals surface area contributed by atoms with Crippen LogP contribution in [-0.4, -0.2) is 34.5 Å². The highest BCUT2D eigenvalue weighted by Gasteiger charge is 2.27. The number of hydrogen-bond acceptors (Lipinski definition) is 5. The molecule has 2 aromatic heterocycles. The van der Waals surface area contributed by atoms with E-state index in [0.29, 0.717) is 35.0 Å². The molecule has 1 aliphatic heterocycles. The van der Waals surface area contributed by atoms with E-state index in [1.807, 2.05) is 30.3 Å². The fourth-order valence-corrected chi connectivity index (χ4v) is 3.47. The first-order valence-electron chi connectivity index (χ1n) is 9.66. The molecule has 3 N–H and O–H groups in total. The molecule has 2 aliphatic rings. The minimum absolute atomic E-state index is 0.182. The van der Waals surface area contributed by atoms with Gasteiger partial charge < -0.3 is 20.4 Å². The van der Waals surface area contributed by atoms with Crippen LogP contribution in [0, 0.1) is 5.92 Å². The molecule has 1 amide bonds. The average molecular weight is 387 g/mol. The molecule has 7 nitrogen and oxygen atoms in total. The number of methoxy groups -OCH3 is 1. The molecule has 1 aromatic carbocycles. The summed E-state index contributed by atoms with van der Waals surface area (Å²) in [5, 5.41) is 6.39. The average Bonchev–Trinajstić information content (AvgIpc) is 3.52. The Bertz CT molecular complexity index is 1140. The van der Waals surface area contributed by atoms with Gasteiger partial charge in [0.25, 0.3) is 5.91 Å². The summed E-state index contributed by atoms with van der Waals surface area (Å²) in [6, 6.07) is 9.28. The van der Waals surface area contributed by atoms with E-state index in [1.165, 1.54) is 18.5 Å². The van der Waals surface area contributed by atoms with Gasteiger partial charge in [-0.2, -0.15) is 0 Å². The summed E-state index contributed by atoms with van der Waals surface area (Å²) in [4.78, 5) is 25.0. The normalized spacial score (nSPS) is 16.0. The lowest BCUT2D eigenvalue weighted by Gasteiger charge is -2.17. The third-order valence-electron chi connectivity index (χ3n) is 5.24. The van der Waals surface area contributed by atoms with E-state index >= 15 is 0 Å². The van der Waals surface area contributed by atoms with Gasteiger partial charge in [0.1, 0.15) is 11.6 Å². The molecule has 0 unspecified atom stereocenters. The molecule has 1 aliphatic carbocycles. The monoisotopic (exact) mass is 387 g/mol. The van der Waals surface area contributed by atoms with Gasteiger partial charge in [-0.25, -0.2) is 9.97 Å². The van der Waals surface area contributed by atoms with Crippen LogP contribution in [-0.2, 0) is 0 Å². The number of rotatable bonds is 5. The lowest BCUT2D eigenvalue weighted by atomic mass is 10.1. The number of amides is 1. The van der Waals surface area contributed by atoms with Gasteiger partial charge in [0.2, 0.25) is 0 Å². The quantitative estimate of drug-likeness (QED) is 0.626. The van der Waals surface area contributed by atoms with Crippen molar-refractivity contribution in [2.75, 3.05) is 13.7 Å². The van der Waals surface area contributed by atoms with Gasteiger partial charge in [-0.15, -0.1) is 0 Å². The largest absolute Gasteiger partial charge is 0.497 e. The first-order valence-corrected chi connectivity index (χ1v) is 9.66. The molecular formula is C22H21N5O2. The van der Waals surface area contributed by atoms with Gasteiger partial charge in [0.05, 0.1) is 24.7 Å². The number of hydrogen-bond donors (Lipinski definition) is 3. The zero-order chi connectivity index (χ0) is 19.8. The smallest absolute Gasteiger partial charge is 0.257 e. The molecule has 0 saturated heterocycles. The number of nitrogens with zero attached hydrogens (tertiary/aromatic N) is 2. The molecule has 146 valence electrons. The van der Waals surface area contributed by atoms with Crippen LogP contribution in [0.25, 0.3) is 22.6 Å². The fraction of sp³-hybridized carbons (Fsp3) is 0.227. The van der Waals surface area contributed by atoms with Crippen molar-refractivity contribution in [2.24, 2.45) is 5.92 Å². The second-order valence-electron chi connectivity index (χ2n) is 7.27. The van der Waals surface area contributed by atoms with Crippen LogP contribution in [0.5, 0.6) is 5.75 Å². The maximum atomic E-state index is 12.9. The number of allylic oxidation sites excluding steroid dienone is 3. The number of carbonyl (C=O) groups excluding carboxylic acids is 1. The SMILES string of the molecule is COc1ccc(-c2nc3nccc(C(=O)NC4=CC=C(C5CC5)NC4)c3[nH]2)cc1. The molecule has 0 spiro atoms. The highest BCUT2D eigenvalue weighted by molar-refractivity contribution is 6.05. The fourth-order valence-electron chi connectivity index (χ4n) is 3.47. The number of pyridine rings is 1. The van der Waals surface area contributed by atoms with Gasteiger partial charge in [0, 0.05) is 23.2 Å². The Morgan fingerprint density at radius 2 is 2.00 bits per heavy atom. The Morgan fingerprint density at radius 3 is 2.69 bits per heavy atom. The molecular weight excluding hydrogens is 366 g/mol. The second-order valence-corrected chi connectivity index (χ2v) is 7.27. The Morgan fingerprint density at radius 1 is 1.17 bits per heavy atom. The zero-order valence-corrected chi connectivity index (χ0v) is 16.0. The predicted molar refractivity (Wildman–Crippen MR) is 110 cm³/mol. The summed E-state index contributed by atoms with van der Waals surface area (Å²) in [6.45, 7) is 0.627. The molecule has 0 bridgehead atoms. The number of H-pyrrole nitrogens is 1. The Labute approximate surface area is 167 Å². The summed E-state index contributed by atoms with van der Waals surface area (Å²) >= 11 is 0. The number of fused-ring (bicyclic) bond motifs is 1. The summed E-state index contributed by atoms with van der Waals surface area (Å²) in [6.07, 6.45) is 8.15. The summed E-state index contributed by atoms with van der Waals surface area (Å²) in [7, 11) is 1.63. The van der Waals surface area contributed by atoms with Gasteiger partial charge in [-0.1, -0.05) is 0 Å². The molecule has 1 fully saturated rings. The predicted octanol–water partition coefficient (Wildman–Crippen LogP) is 3.14. The number of aromatic amines is 1. The Balaban J connectivity index is 1.41. The molecule has 3 heterocycles. The number of dihydropyridines is 1. The van der Waals surface area contributed by atoms with Crippen LogP contribution in [0.15, 0.2) is 60.1 Å². The number of imidazole rings is 1. The summed E-state index contributed by atoms with van der Waals surface area (Å²) in [5.41, 5.74) is 4.66. The lowest BCUT2D eigenvalue weighted by molar-refractivity contribution is 0.0966. The van der Waals surface area contributed by atoms with E-state index in [1.54, 1.807) is 19.4 Å². The van der Waals surface area contributed by atoms with Gasteiger partial charge in [-0.05, 0) is 61.2 Å². The van der Waals surface area contributed by atoms with Crippen molar-refractivity contribution in [3.8, 4) is 17.1 Å². The molecule has 29 heavy (non-hydrogen) atoms. The maximum absolute atomic E-state index is 12.9. The molecule has 5 rings (SSSR count). The van der Waals surface area contributed by atoms with Gasteiger partial charge in [0.15, 0.2) is 5.65 Å². The first-order chi connectivity index (χ1) is 14.2. The van der Waals surface area contributed by atoms with E-state index in [2.05, 4.69) is 31.7 Å². The minimum atomic E-state index is -0.182. The van der Waals surface area contributed by atoms with Crippen molar-refractivity contribution in [3.05, 3.63) is 65.6 Å². The number of nitrogens with one attached hydrogen (secondary N) is 3. The molecule has 1 saturated carbocycles. The van der Waals surface area contributed by atoms with Crippen molar-refractivity contribution >= 4 is 17.1 Å². The highest BCUT2D eigenvalue weighted by Crippen LogP contribution is 2.35. The van der Waals surface area contributed by atoms with Gasteiger partial charge >= 0.3 is 0 Å². The summed E-state index contributed by atoms with van der Waals surface area (Å²) < 4.78 is 5.20. The third kappa shape index (κ3) is 3.47. The number of aromatic nitrogens is 3. The van der Waals surface area contributed by atoms with Crippen molar-refractivity contribution in [2.45, 2.75) is 12.8 Å². The van der Waals surface area contributed by atoms with Crippen LogP contribution in [0.4, 0.5) is 0 Å². The Hall–Kier alpha value is -3.61. The number of carbonyl (C=O) groups is 1. The van der Waals surface area contributed by atoms with Crippen molar-refractivity contribution in [3.63, 3.8) is 0 Å². The second kappa shape index (κ2) is 7.09. The van der Waals surface area contributed by atoms with E-state index in [4.69, 9.17) is 4.74 Å². The third-order valence-corrected chi connectivity index (χ3v) is 5.24. The number of benzene rings is 1.